The first-order valence-corrected chi connectivity index (χ1v) is 6.73. The number of ether oxygens (including phenoxy) is 2. The first kappa shape index (κ1) is 21.6. The first-order chi connectivity index (χ1) is 10.7. The molecule has 24 heavy (non-hydrogen) atoms. The van der Waals surface area contributed by atoms with Crippen LogP contribution in [0, 0.1) is 0 Å². The SMILES string of the molecule is COC(=O)C(N)C1(O)CN(C(=O)OC(C)(C)C)C1.O=C(O)C(=O)O. The minimum atomic E-state index is -1.82. The Hall–Kier alpha value is -2.40. The number of hydrogen-bond donors (Lipinski definition) is 4. The van der Waals surface area contributed by atoms with Crippen LogP contribution in [0.1, 0.15) is 20.8 Å². The van der Waals surface area contributed by atoms with Gasteiger partial charge in [-0.1, -0.05) is 0 Å². The Morgan fingerprint density at radius 1 is 1.12 bits per heavy atom. The van der Waals surface area contributed by atoms with Crippen molar-refractivity contribution < 1.29 is 44.0 Å². The van der Waals surface area contributed by atoms with Gasteiger partial charge in [0.1, 0.15) is 17.2 Å². The summed E-state index contributed by atoms with van der Waals surface area (Å²) >= 11 is 0. The summed E-state index contributed by atoms with van der Waals surface area (Å²) in [6, 6.07) is -1.17. The summed E-state index contributed by atoms with van der Waals surface area (Å²) in [6.45, 7) is 5.15. The molecule has 1 aliphatic rings. The molecule has 1 aliphatic heterocycles. The van der Waals surface area contributed by atoms with Crippen molar-refractivity contribution in [1.29, 1.82) is 0 Å². The van der Waals surface area contributed by atoms with Crippen LogP contribution in [0.2, 0.25) is 0 Å². The number of carbonyl (C=O) groups excluding carboxylic acids is 2. The lowest BCUT2D eigenvalue weighted by molar-refractivity contribution is -0.160. The Balaban J connectivity index is 0.000000754. The zero-order chi connectivity index (χ0) is 19.3. The van der Waals surface area contributed by atoms with Gasteiger partial charge in [0, 0.05) is 0 Å². The highest BCUT2D eigenvalue weighted by molar-refractivity contribution is 6.27. The van der Waals surface area contributed by atoms with Gasteiger partial charge >= 0.3 is 24.0 Å². The molecule has 0 spiro atoms. The van der Waals surface area contributed by atoms with Crippen LogP contribution in [0.4, 0.5) is 4.79 Å². The summed E-state index contributed by atoms with van der Waals surface area (Å²) < 4.78 is 9.57. The molecule has 1 heterocycles. The fraction of sp³-hybridized carbons (Fsp3) is 0.692. The maximum Gasteiger partial charge on any atom is 0.414 e. The van der Waals surface area contributed by atoms with E-state index in [0.717, 1.165) is 0 Å². The molecule has 1 amide bonds. The molecule has 0 aromatic heterocycles. The van der Waals surface area contributed by atoms with Gasteiger partial charge in [0.05, 0.1) is 20.2 Å². The lowest BCUT2D eigenvalue weighted by Crippen LogP contribution is -2.72. The predicted molar refractivity (Wildman–Crippen MR) is 78.0 cm³/mol. The van der Waals surface area contributed by atoms with E-state index < -0.39 is 41.2 Å². The number of aliphatic carboxylic acids is 2. The van der Waals surface area contributed by atoms with Crippen molar-refractivity contribution >= 4 is 24.0 Å². The summed E-state index contributed by atoms with van der Waals surface area (Å²) in [7, 11) is 1.19. The van der Waals surface area contributed by atoms with Gasteiger partial charge in [-0.2, -0.15) is 0 Å². The molecule has 1 rings (SSSR count). The van der Waals surface area contributed by atoms with E-state index in [2.05, 4.69) is 4.74 Å². The van der Waals surface area contributed by atoms with E-state index in [4.69, 9.17) is 30.3 Å². The zero-order valence-electron chi connectivity index (χ0n) is 13.8. The number of nitrogens with zero attached hydrogens (tertiary/aromatic N) is 1. The van der Waals surface area contributed by atoms with E-state index in [9.17, 15) is 14.7 Å². The second kappa shape index (κ2) is 7.93. The van der Waals surface area contributed by atoms with Crippen LogP contribution < -0.4 is 5.73 Å². The monoisotopic (exact) mass is 350 g/mol. The maximum absolute atomic E-state index is 11.6. The molecule has 0 saturated carbocycles. The number of methoxy groups -OCH3 is 1. The Bertz CT molecular complexity index is 494. The number of likely N-dealkylation sites (tertiary alicyclic amines) is 1. The van der Waals surface area contributed by atoms with E-state index in [1.165, 1.54) is 12.0 Å². The molecular formula is C13H22N2O9. The fourth-order valence-corrected chi connectivity index (χ4v) is 1.61. The summed E-state index contributed by atoms with van der Waals surface area (Å²) in [4.78, 5) is 42.3. The highest BCUT2D eigenvalue weighted by atomic mass is 16.6. The number of carbonyl (C=O) groups is 4. The van der Waals surface area contributed by atoms with Crippen LogP contribution >= 0.6 is 0 Å². The largest absolute Gasteiger partial charge is 0.473 e. The third kappa shape index (κ3) is 6.38. The molecule has 0 bridgehead atoms. The number of carboxylic acids is 2. The molecule has 138 valence electrons. The zero-order valence-corrected chi connectivity index (χ0v) is 13.8. The van der Waals surface area contributed by atoms with E-state index in [-0.39, 0.29) is 13.1 Å². The summed E-state index contributed by atoms with van der Waals surface area (Å²) in [6.07, 6.45) is -0.538. The molecule has 11 heteroatoms. The van der Waals surface area contributed by atoms with Crippen LogP contribution in [-0.2, 0) is 23.9 Å². The van der Waals surface area contributed by atoms with Gasteiger partial charge in [-0.05, 0) is 20.8 Å². The topological polar surface area (TPSA) is 177 Å². The van der Waals surface area contributed by atoms with Gasteiger partial charge < -0.3 is 35.4 Å². The second-order valence-electron chi connectivity index (χ2n) is 6.05. The van der Waals surface area contributed by atoms with E-state index in [0.29, 0.717) is 0 Å². The molecule has 1 fully saturated rings. The van der Waals surface area contributed by atoms with Crippen LogP contribution in [0.15, 0.2) is 0 Å². The number of nitrogens with two attached hydrogens (primary N) is 1. The lowest BCUT2D eigenvalue weighted by Gasteiger charge is -2.48. The van der Waals surface area contributed by atoms with E-state index >= 15 is 0 Å². The Kier molecular flexibility index (Phi) is 7.13. The van der Waals surface area contributed by atoms with Crippen LogP contribution in [-0.4, -0.2) is 81.7 Å². The maximum atomic E-state index is 11.6. The van der Waals surface area contributed by atoms with Gasteiger partial charge in [-0.15, -0.1) is 0 Å². The number of hydrogen-bond acceptors (Lipinski definition) is 8. The minimum absolute atomic E-state index is 0.0435. The molecule has 5 N–H and O–H groups in total. The third-order valence-corrected chi connectivity index (χ3v) is 2.80. The number of carboxylic acid groups (broad SMARTS) is 2. The molecular weight excluding hydrogens is 328 g/mol. The molecule has 11 nitrogen and oxygen atoms in total. The van der Waals surface area contributed by atoms with Gasteiger partial charge in [0.15, 0.2) is 0 Å². The van der Waals surface area contributed by atoms with E-state index in [1.54, 1.807) is 20.8 Å². The van der Waals surface area contributed by atoms with Gasteiger partial charge in [-0.3, -0.25) is 4.79 Å². The Morgan fingerprint density at radius 2 is 1.54 bits per heavy atom. The molecule has 0 aliphatic carbocycles. The molecule has 0 radical (unpaired) electrons. The van der Waals surface area contributed by atoms with Crippen molar-refractivity contribution in [3.8, 4) is 0 Å². The van der Waals surface area contributed by atoms with Crippen LogP contribution in [0.5, 0.6) is 0 Å². The van der Waals surface area contributed by atoms with Gasteiger partial charge in [0.2, 0.25) is 0 Å². The van der Waals surface area contributed by atoms with Crippen LogP contribution in [0.25, 0.3) is 0 Å². The van der Waals surface area contributed by atoms with Crippen molar-refractivity contribution in [2.45, 2.75) is 38.0 Å². The number of β-amino-alcohol motifs (C(OH)–C–C–N with tert-alkyl or cyclic N) is 1. The Morgan fingerprint density at radius 3 is 1.83 bits per heavy atom. The molecule has 0 aromatic carbocycles. The lowest BCUT2D eigenvalue weighted by atomic mass is 9.87. The van der Waals surface area contributed by atoms with Crippen molar-refractivity contribution in [2.75, 3.05) is 20.2 Å². The average molecular weight is 350 g/mol. The van der Waals surface area contributed by atoms with Gasteiger partial charge in [0.25, 0.3) is 0 Å². The fourth-order valence-electron chi connectivity index (χ4n) is 1.61. The van der Waals surface area contributed by atoms with Crippen molar-refractivity contribution in [1.82, 2.24) is 4.90 Å². The first-order valence-electron chi connectivity index (χ1n) is 6.73. The van der Waals surface area contributed by atoms with Crippen molar-refractivity contribution in [2.24, 2.45) is 5.73 Å². The number of esters is 1. The highest BCUT2D eigenvalue weighted by Crippen LogP contribution is 2.26. The number of rotatable bonds is 2. The predicted octanol–water partition coefficient (Wildman–Crippen LogP) is -1.38. The second-order valence-corrected chi connectivity index (χ2v) is 6.05. The average Bonchev–Trinajstić information content (AvgIpc) is 2.40. The van der Waals surface area contributed by atoms with Crippen LogP contribution in [0.3, 0.4) is 0 Å². The van der Waals surface area contributed by atoms with Crippen molar-refractivity contribution in [3.63, 3.8) is 0 Å². The highest BCUT2D eigenvalue weighted by Gasteiger charge is 2.52. The summed E-state index contributed by atoms with van der Waals surface area (Å²) in [5.41, 5.74) is 3.51. The van der Waals surface area contributed by atoms with E-state index in [1.807, 2.05) is 0 Å². The number of aliphatic hydroxyl groups is 1. The molecule has 1 saturated heterocycles. The van der Waals surface area contributed by atoms with Crippen molar-refractivity contribution in [3.05, 3.63) is 0 Å². The summed E-state index contributed by atoms with van der Waals surface area (Å²) in [5, 5.41) is 24.8. The van der Waals surface area contributed by atoms with Gasteiger partial charge in [-0.25, -0.2) is 14.4 Å². The molecule has 1 unspecified atom stereocenters. The quantitative estimate of drug-likeness (QED) is 0.343. The Labute approximate surface area is 137 Å². The smallest absolute Gasteiger partial charge is 0.414 e. The molecule has 1 atom stereocenters. The number of amides is 1. The summed E-state index contributed by atoms with van der Waals surface area (Å²) in [5.74, 6) is -4.36. The normalized spacial score (nSPS) is 16.7. The standard InChI is InChI=1S/C11H20N2O5.C2H2O4/c1-10(2,3)18-9(15)13-5-11(16,6-13)7(12)8(14)17-4;3-1(4)2(5)6/h7,16H,5-6,12H2,1-4H3;(H,3,4)(H,5,6). The molecule has 0 aromatic rings. The minimum Gasteiger partial charge on any atom is -0.473 e. The third-order valence-electron chi connectivity index (χ3n) is 2.80.